The highest BCUT2D eigenvalue weighted by molar-refractivity contribution is 9.11. The van der Waals surface area contributed by atoms with E-state index >= 15 is 0 Å². The van der Waals surface area contributed by atoms with Crippen molar-refractivity contribution in [3.63, 3.8) is 0 Å². The quantitative estimate of drug-likeness (QED) is 0.785. The lowest BCUT2D eigenvalue weighted by atomic mass is 10.1. The van der Waals surface area contributed by atoms with Crippen molar-refractivity contribution in [2.45, 2.75) is 25.9 Å². The van der Waals surface area contributed by atoms with Crippen LogP contribution in [0.15, 0.2) is 15.9 Å². The smallest absolute Gasteiger partial charge is 0.0702 e. The van der Waals surface area contributed by atoms with Gasteiger partial charge in [0, 0.05) is 24.1 Å². The molecule has 0 saturated carbocycles. The summed E-state index contributed by atoms with van der Waals surface area (Å²) in [5.41, 5.74) is 6.09. The topological polar surface area (TPSA) is 38.5 Å². The Morgan fingerprint density at radius 1 is 1.53 bits per heavy atom. The number of thiophene rings is 1. The molecule has 5 heteroatoms. The number of halogens is 1. The van der Waals surface area contributed by atoms with Gasteiger partial charge < -0.3 is 10.5 Å². The molecule has 0 amide bonds. The number of ether oxygens (including phenoxy) is 1. The van der Waals surface area contributed by atoms with Gasteiger partial charge in [-0.3, -0.25) is 4.90 Å². The van der Waals surface area contributed by atoms with Crippen molar-refractivity contribution in [2.75, 3.05) is 26.8 Å². The van der Waals surface area contributed by atoms with Crippen LogP contribution in [0.1, 0.15) is 24.8 Å². The predicted molar refractivity (Wildman–Crippen MR) is 77.5 cm³/mol. The molecule has 0 spiro atoms. The predicted octanol–water partition coefficient (Wildman–Crippen LogP) is 2.87. The molecule has 2 unspecified atom stereocenters. The van der Waals surface area contributed by atoms with Crippen LogP contribution >= 0.6 is 27.3 Å². The Balaban J connectivity index is 2.65. The van der Waals surface area contributed by atoms with Crippen molar-refractivity contribution < 1.29 is 4.74 Å². The maximum absolute atomic E-state index is 6.09. The number of rotatable bonds is 7. The minimum atomic E-state index is 0.104. The van der Waals surface area contributed by atoms with E-state index in [9.17, 15) is 0 Å². The molecule has 0 radical (unpaired) electrons. The van der Waals surface area contributed by atoms with E-state index in [1.165, 1.54) is 4.88 Å². The van der Waals surface area contributed by atoms with E-state index in [1.54, 1.807) is 11.3 Å². The molecule has 1 aromatic rings. The first-order valence-electron chi connectivity index (χ1n) is 5.85. The third-order valence-electron chi connectivity index (χ3n) is 2.65. The molecule has 0 fully saturated rings. The second-order valence-corrected chi connectivity index (χ2v) is 6.62. The van der Waals surface area contributed by atoms with Crippen LogP contribution < -0.4 is 5.73 Å². The standard InChI is InChI=1S/C12H21BrN2OS/c1-4-16-8-7-15(3)12(9(2)14)10-5-6-11(13)17-10/h5-6,9,12H,4,7-8,14H2,1-3H3. The van der Waals surface area contributed by atoms with Crippen LogP contribution in [0.5, 0.6) is 0 Å². The maximum Gasteiger partial charge on any atom is 0.0702 e. The molecule has 17 heavy (non-hydrogen) atoms. The Kier molecular flexibility index (Phi) is 6.66. The largest absolute Gasteiger partial charge is 0.380 e. The first kappa shape index (κ1) is 15.1. The fourth-order valence-electron chi connectivity index (χ4n) is 1.86. The van der Waals surface area contributed by atoms with E-state index in [2.05, 4.69) is 46.9 Å². The van der Waals surface area contributed by atoms with Crippen molar-refractivity contribution in [1.82, 2.24) is 4.90 Å². The summed E-state index contributed by atoms with van der Waals surface area (Å²) in [5, 5.41) is 0. The molecule has 1 heterocycles. The summed E-state index contributed by atoms with van der Waals surface area (Å²) in [6, 6.07) is 4.57. The number of likely N-dealkylation sites (N-methyl/N-ethyl adjacent to an activating group) is 1. The lowest BCUT2D eigenvalue weighted by Gasteiger charge is -2.30. The third-order valence-corrected chi connectivity index (χ3v) is 4.35. The molecule has 0 aliphatic rings. The Morgan fingerprint density at radius 2 is 2.24 bits per heavy atom. The van der Waals surface area contributed by atoms with Gasteiger partial charge in [-0.1, -0.05) is 0 Å². The molecule has 1 aromatic heterocycles. The lowest BCUT2D eigenvalue weighted by Crippen LogP contribution is -2.38. The molecule has 0 aromatic carbocycles. The Morgan fingerprint density at radius 3 is 2.71 bits per heavy atom. The van der Waals surface area contributed by atoms with E-state index in [1.807, 2.05) is 6.92 Å². The van der Waals surface area contributed by atoms with Crippen molar-refractivity contribution in [3.8, 4) is 0 Å². The summed E-state index contributed by atoms with van der Waals surface area (Å²) >= 11 is 5.24. The van der Waals surface area contributed by atoms with Gasteiger partial charge in [0.1, 0.15) is 0 Å². The fourth-order valence-corrected chi connectivity index (χ4v) is 3.56. The van der Waals surface area contributed by atoms with Crippen molar-refractivity contribution in [3.05, 3.63) is 20.8 Å². The van der Waals surface area contributed by atoms with Crippen LogP contribution in [0.2, 0.25) is 0 Å². The van der Waals surface area contributed by atoms with E-state index < -0.39 is 0 Å². The molecule has 2 atom stereocenters. The number of hydrogen-bond donors (Lipinski definition) is 1. The molecule has 0 bridgehead atoms. The number of nitrogens with zero attached hydrogens (tertiary/aromatic N) is 1. The molecule has 0 saturated heterocycles. The van der Waals surface area contributed by atoms with E-state index in [-0.39, 0.29) is 12.1 Å². The molecule has 2 N–H and O–H groups in total. The van der Waals surface area contributed by atoms with Crippen molar-refractivity contribution >= 4 is 27.3 Å². The van der Waals surface area contributed by atoms with Crippen LogP contribution in [0.4, 0.5) is 0 Å². The SMILES string of the molecule is CCOCCN(C)C(c1ccc(Br)s1)C(C)N. The monoisotopic (exact) mass is 320 g/mol. The Bertz CT molecular complexity index is 330. The zero-order chi connectivity index (χ0) is 12.8. The number of hydrogen-bond acceptors (Lipinski definition) is 4. The Labute approximate surface area is 116 Å². The first-order valence-corrected chi connectivity index (χ1v) is 7.46. The van der Waals surface area contributed by atoms with Gasteiger partial charge in [-0.25, -0.2) is 0 Å². The molecular weight excluding hydrogens is 300 g/mol. The van der Waals surface area contributed by atoms with Gasteiger partial charge >= 0.3 is 0 Å². The molecule has 0 aliphatic heterocycles. The summed E-state index contributed by atoms with van der Waals surface area (Å²) in [6.45, 7) is 6.48. The van der Waals surface area contributed by atoms with Gasteiger partial charge in [-0.2, -0.15) is 0 Å². The zero-order valence-corrected chi connectivity index (χ0v) is 13.1. The van der Waals surface area contributed by atoms with Gasteiger partial charge in [-0.05, 0) is 49.0 Å². The molecule has 3 nitrogen and oxygen atoms in total. The molecule has 1 rings (SSSR count). The average molecular weight is 321 g/mol. The van der Waals surface area contributed by atoms with Crippen LogP contribution in [0.25, 0.3) is 0 Å². The molecule has 98 valence electrons. The van der Waals surface area contributed by atoms with Crippen LogP contribution in [0.3, 0.4) is 0 Å². The van der Waals surface area contributed by atoms with Crippen LogP contribution in [-0.2, 0) is 4.74 Å². The Hall–Kier alpha value is 0.0600. The zero-order valence-electron chi connectivity index (χ0n) is 10.6. The lowest BCUT2D eigenvalue weighted by molar-refractivity contribution is 0.103. The molecular formula is C12H21BrN2OS. The van der Waals surface area contributed by atoms with Gasteiger partial charge in [0.15, 0.2) is 0 Å². The highest BCUT2D eigenvalue weighted by atomic mass is 79.9. The van der Waals surface area contributed by atoms with Gasteiger partial charge in [-0.15, -0.1) is 11.3 Å². The summed E-state index contributed by atoms with van der Waals surface area (Å²) < 4.78 is 6.54. The van der Waals surface area contributed by atoms with Gasteiger partial charge in [0.25, 0.3) is 0 Å². The minimum Gasteiger partial charge on any atom is -0.380 e. The van der Waals surface area contributed by atoms with E-state index in [0.717, 1.165) is 23.5 Å². The summed E-state index contributed by atoms with van der Waals surface area (Å²) in [4.78, 5) is 3.56. The van der Waals surface area contributed by atoms with Crippen molar-refractivity contribution in [1.29, 1.82) is 0 Å². The first-order chi connectivity index (χ1) is 8.06. The van der Waals surface area contributed by atoms with E-state index in [4.69, 9.17) is 10.5 Å². The second kappa shape index (κ2) is 7.48. The van der Waals surface area contributed by atoms with E-state index in [0.29, 0.717) is 0 Å². The summed E-state index contributed by atoms with van der Waals surface area (Å²) in [7, 11) is 2.10. The van der Waals surface area contributed by atoms with Crippen LogP contribution in [0, 0.1) is 0 Å². The average Bonchev–Trinajstić information content (AvgIpc) is 2.65. The summed E-state index contributed by atoms with van der Waals surface area (Å²) in [5.74, 6) is 0. The second-order valence-electron chi connectivity index (χ2n) is 4.12. The summed E-state index contributed by atoms with van der Waals surface area (Å²) in [6.07, 6.45) is 0. The van der Waals surface area contributed by atoms with Crippen LogP contribution in [-0.4, -0.2) is 37.7 Å². The minimum absolute atomic E-state index is 0.104. The maximum atomic E-state index is 6.09. The third kappa shape index (κ3) is 4.67. The normalized spacial score (nSPS) is 15.2. The van der Waals surface area contributed by atoms with Gasteiger partial charge in [0.05, 0.1) is 16.4 Å². The highest BCUT2D eigenvalue weighted by Gasteiger charge is 2.22. The van der Waals surface area contributed by atoms with Gasteiger partial charge in [0.2, 0.25) is 0 Å². The fraction of sp³-hybridized carbons (Fsp3) is 0.667. The molecule has 0 aliphatic carbocycles. The van der Waals surface area contributed by atoms with Crippen molar-refractivity contribution in [2.24, 2.45) is 5.73 Å². The number of nitrogens with two attached hydrogens (primary N) is 1. The highest BCUT2D eigenvalue weighted by Crippen LogP contribution is 2.31.